The third-order valence-corrected chi connectivity index (χ3v) is 1.97. The standard InChI is InChI=1S/C10H13N3O5/c1-2-11-8(14)3-4-12-9(15)6-5-7(10(16)17)18-13-6/h5H,2-4H2,1H3,(H,11,14)(H,12,15)(H,16,17). The Morgan fingerprint density at radius 3 is 2.67 bits per heavy atom. The van der Waals surface area contributed by atoms with Crippen LogP contribution in [0.1, 0.15) is 34.4 Å². The van der Waals surface area contributed by atoms with Crippen LogP contribution in [0.2, 0.25) is 0 Å². The topological polar surface area (TPSA) is 122 Å². The van der Waals surface area contributed by atoms with E-state index in [9.17, 15) is 14.4 Å². The molecule has 1 rings (SSSR count). The van der Waals surface area contributed by atoms with Gasteiger partial charge in [0.2, 0.25) is 11.7 Å². The molecule has 0 aliphatic rings. The van der Waals surface area contributed by atoms with Gasteiger partial charge in [0.25, 0.3) is 5.91 Å². The average molecular weight is 255 g/mol. The molecule has 0 atom stereocenters. The molecule has 2 amide bonds. The van der Waals surface area contributed by atoms with Crippen LogP contribution in [0.15, 0.2) is 10.6 Å². The lowest BCUT2D eigenvalue weighted by atomic mass is 10.3. The molecule has 0 bridgehead atoms. The van der Waals surface area contributed by atoms with Gasteiger partial charge in [-0.1, -0.05) is 5.16 Å². The lowest BCUT2D eigenvalue weighted by Crippen LogP contribution is -2.30. The van der Waals surface area contributed by atoms with Gasteiger partial charge in [0.1, 0.15) is 0 Å². The molecule has 0 unspecified atom stereocenters. The fourth-order valence-electron chi connectivity index (χ4n) is 1.15. The Bertz CT molecular complexity index is 454. The third-order valence-electron chi connectivity index (χ3n) is 1.97. The Morgan fingerprint density at radius 1 is 1.39 bits per heavy atom. The molecule has 0 saturated carbocycles. The molecule has 18 heavy (non-hydrogen) atoms. The number of carbonyl (C=O) groups excluding carboxylic acids is 2. The SMILES string of the molecule is CCNC(=O)CCNC(=O)c1cc(C(=O)O)on1. The summed E-state index contributed by atoms with van der Waals surface area (Å²) < 4.78 is 4.42. The number of aromatic nitrogens is 1. The number of nitrogens with zero attached hydrogens (tertiary/aromatic N) is 1. The van der Waals surface area contributed by atoms with Crippen molar-refractivity contribution < 1.29 is 24.0 Å². The number of aromatic carboxylic acids is 1. The van der Waals surface area contributed by atoms with Crippen LogP contribution in [-0.2, 0) is 4.79 Å². The molecule has 0 fully saturated rings. The van der Waals surface area contributed by atoms with Crippen LogP contribution in [-0.4, -0.2) is 41.1 Å². The summed E-state index contributed by atoms with van der Waals surface area (Å²) in [5, 5.41) is 16.9. The van der Waals surface area contributed by atoms with Crippen LogP contribution in [0.3, 0.4) is 0 Å². The summed E-state index contributed by atoms with van der Waals surface area (Å²) in [6, 6.07) is 1.02. The van der Waals surface area contributed by atoms with Crippen LogP contribution < -0.4 is 10.6 Å². The minimum absolute atomic E-state index is 0.136. The highest BCUT2D eigenvalue weighted by atomic mass is 16.5. The number of nitrogens with one attached hydrogen (secondary N) is 2. The molecule has 98 valence electrons. The zero-order valence-corrected chi connectivity index (χ0v) is 9.73. The van der Waals surface area contributed by atoms with Gasteiger partial charge in [0.05, 0.1) is 0 Å². The van der Waals surface area contributed by atoms with E-state index in [-0.39, 0.29) is 24.6 Å². The van der Waals surface area contributed by atoms with E-state index in [1.165, 1.54) is 0 Å². The molecule has 0 aromatic carbocycles. The van der Waals surface area contributed by atoms with Gasteiger partial charge in [-0.25, -0.2) is 4.79 Å². The molecule has 8 nitrogen and oxygen atoms in total. The van der Waals surface area contributed by atoms with Crippen molar-refractivity contribution in [2.75, 3.05) is 13.1 Å². The van der Waals surface area contributed by atoms with E-state index in [0.29, 0.717) is 6.54 Å². The highest BCUT2D eigenvalue weighted by Crippen LogP contribution is 2.03. The summed E-state index contributed by atoms with van der Waals surface area (Å²) in [6.07, 6.45) is 0.142. The van der Waals surface area contributed by atoms with Crippen molar-refractivity contribution in [1.29, 1.82) is 0 Å². The van der Waals surface area contributed by atoms with Crippen LogP contribution in [0.4, 0.5) is 0 Å². The van der Waals surface area contributed by atoms with Crippen molar-refractivity contribution >= 4 is 17.8 Å². The molecule has 1 aromatic heterocycles. The van der Waals surface area contributed by atoms with Gasteiger partial charge in [-0.2, -0.15) is 0 Å². The van der Waals surface area contributed by atoms with Gasteiger partial charge in [-0.15, -0.1) is 0 Å². The molecule has 0 radical (unpaired) electrons. The van der Waals surface area contributed by atoms with E-state index >= 15 is 0 Å². The van der Waals surface area contributed by atoms with E-state index < -0.39 is 17.6 Å². The Labute approximate surface area is 102 Å². The molecule has 0 aliphatic carbocycles. The maximum atomic E-state index is 11.5. The number of carboxylic acid groups (broad SMARTS) is 1. The number of carboxylic acids is 1. The fourth-order valence-corrected chi connectivity index (χ4v) is 1.15. The second kappa shape index (κ2) is 6.38. The Kier molecular flexibility index (Phi) is 4.85. The van der Waals surface area contributed by atoms with E-state index in [2.05, 4.69) is 20.3 Å². The molecule has 0 aliphatic heterocycles. The second-order valence-corrected chi connectivity index (χ2v) is 3.34. The van der Waals surface area contributed by atoms with E-state index in [0.717, 1.165) is 6.07 Å². The lowest BCUT2D eigenvalue weighted by molar-refractivity contribution is -0.120. The van der Waals surface area contributed by atoms with E-state index in [1.807, 2.05) is 0 Å². The molecule has 8 heteroatoms. The first-order chi connectivity index (χ1) is 8.54. The van der Waals surface area contributed by atoms with Gasteiger partial charge in [0, 0.05) is 25.6 Å². The monoisotopic (exact) mass is 255 g/mol. The van der Waals surface area contributed by atoms with Crippen molar-refractivity contribution in [1.82, 2.24) is 15.8 Å². The summed E-state index contributed by atoms with van der Waals surface area (Å²) in [4.78, 5) is 33.0. The molecule has 1 heterocycles. The van der Waals surface area contributed by atoms with Gasteiger partial charge >= 0.3 is 5.97 Å². The Balaban J connectivity index is 2.40. The number of hydrogen-bond donors (Lipinski definition) is 3. The predicted molar refractivity (Wildman–Crippen MR) is 59.1 cm³/mol. The first-order valence-corrected chi connectivity index (χ1v) is 5.29. The zero-order chi connectivity index (χ0) is 13.5. The zero-order valence-electron chi connectivity index (χ0n) is 9.73. The first-order valence-electron chi connectivity index (χ1n) is 5.29. The third kappa shape index (κ3) is 3.89. The summed E-state index contributed by atoms with van der Waals surface area (Å²) in [6.45, 7) is 2.46. The van der Waals surface area contributed by atoms with Crippen LogP contribution in [0.5, 0.6) is 0 Å². The summed E-state index contributed by atoms with van der Waals surface area (Å²) in [5.41, 5.74) is -0.136. The smallest absolute Gasteiger partial charge is 0.374 e. The van der Waals surface area contributed by atoms with Gasteiger partial charge < -0.3 is 20.3 Å². The predicted octanol–water partition coefficient (Wildman–Crippen LogP) is -0.371. The molecule has 0 spiro atoms. The summed E-state index contributed by atoms with van der Waals surface area (Å²) >= 11 is 0. The molecule has 0 saturated heterocycles. The van der Waals surface area contributed by atoms with Crippen LogP contribution >= 0.6 is 0 Å². The van der Waals surface area contributed by atoms with Crippen LogP contribution in [0.25, 0.3) is 0 Å². The molecule has 1 aromatic rings. The Morgan fingerprint density at radius 2 is 2.11 bits per heavy atom. The van der Waals surface area contributed by atoms with Crippen molar-refractivity contribution in [3.63, 3.8) is 0 Å². The van der Waals surface area contributed by atoms with Crippen molar-refractivity contribution in [3.8, 4) is 0 Å². The van der Waals surface area contributed by atoms with Gasteiger partial charge in [-0.05, 0) is 6.92 Å². The fraction of sp³-hybridized carbons (Fsp3) is 0.400. The Hall–Kier alpha value is -2.38. The molecular formula is C10H13N3O5. The number of carbonyl (C=O) groups is 3. The van der Waals surface area contributed by atoms with Crippen molar-refractivity contribution in [2.45, 2.75) is 13.3 Å². The molecule has 3 N–H and O–H groups in total. The lowest BCUT2D eigenvalue weighted by Gasteiger charge is -2.02. The van der Waals surface area contributed by atoms with Gasteiger partial charge in [0.15, 0.2) is 5.69 Å². The minimum atomic E-state index is -1.30. The van der Waals surface area contributed by atoms with Crippen molar-refractivity contribution in [2.24, 2.45) is 0 Å². The largest absolute Gasteiger partial charge is 0.475 e. The number of amides is 2. The quantitative estimate of drug-likeness (QED) is 0.637. The average Bonchev–Trinajstić information content (AvgIpc) is 2.78. The normalized spacial score (nSPS) is 9.83. The number of rotatable bonds is 6. The number of hydrogen-bond acceptors (Lipinski definition) is 5. The maximum Gasteiger partial charge on any atom is 0.374 e. The van der Waals surface area contributed by atoms with E-state index in [1.54, 1.807) is 6.92 Å². The first kappa shape index (κ1) is 13.7. The summed E-state index contributed by atoms with van der Waals surface area (Å²) in [7, 11) is 0. The highest BCUT2D eigenvalue weighted by Gasteiger charge is 2.16. The second-order valence-electron chi connectivity index (χ2n) is 3.34. The van der Waals surface area contributed by atoms with Crippen molar-refractivity contribution in [3.05, 3.63) is 17.5 Å². The van der Waals surface area contributed by atoms with Crippen LogP contribution in [0, 0.1) is 0 Å². The highest BCUT2D eigenvalue weighted by molar-refractivity contribution is 5.95. The summed E-state index contributed by atoms with van der Waals surface area (Å²) in [5.74, 6) is -2.48. The molecular weight excluding hydrogens is 242 g/mol. The van der Waals surface area contributed by atoms with E-state index in [4.69, 9.17) is 5.11 Å². The van der Waals surface area contributed by atoms with Gasteiger partial charge in [-0.3, -0.25) is 9.59 Å². The minimum Gasteiger partial charge on any atom is -0.475 e. The maximum absolute atomic E-state index is 11.5.